The first-order valence-corrected chi connectivity index (χ1v) is 14.4. The van der Waals surface area contributed by atoms with E-state index < -0.39 is 0 Å². The summed E-state index contributed by atoms with van der Waals surface area (Å²) in [5.41, 5.74) is 5.78. The van der Waals surface area contributed by atoms with Gasteiger partial charge in [-0.3, -0.25) is 0 Å². The van der Waals surface area contributed by atoms with E-state index in [1.54, 1.807) is 18.2 Å². The van der Waals surface area contributed by atoms with Gasteiger partial charge in [-0.05, 0) is 64.1 Å². The van der Waals surface area contributed by atoms with Crippen LogP contribution in [0.4, 0.5) is 20.2 Å². The third kappa shape index (κ3) is 5.19. The normalized spacial score (nSPS) is 12.0. The average Bonchev–Trinajstić information content (AvgIpc) is 3.03. The molecule has 0 aliphatic carbocycles. The molecule has 0 saturated carbocycles. The maximum Gasteiger partial charge on any atom is 0.155 e. The Balaban J connectivity index is 1.53. The standard InChI is InChI=1S/C39H33F2N/c1-26(2)27(3)42(37-16-10-9-15-36(37)40)39-35(24-23-34(38(39)41)30-12-5-4-6-13-30)31-20-17-29(18-21-31)33-22-19-28-11-7-8-14-32(28)25-33/h4-27H,1-3H3. The predicted molar refractivity (Wildman–Crippen MR) is 173 cm³/mol. The predicted octanol–water partition coefficient (Wildman–Crippen LogP) is 11.3. The third-order valence-electron chi connectivity index (χ3n) is 8.20. The molecule has 1 nitrogen and oxygen atoms in total. The van der Waals surface area contributed by atoms with E-state index in [4.69, 9.17) is 0 Å². The lowest BCUT2D eigenvalue weighted by Gasteiger charge is -2.36. The second kappa shape index (κ2) is 11.6. The van der Waals surface area contributed by atoms with Crippen LogP contribution in [0.3, 0.4) is 0 Å². The van der Waals surface area contributed by atoms with Gasteiger partial charge < -0.3 is 4.90 Å². The summed E-state index contributed by atoms with van der Waals surface area (Å²) in [6.07, 6.45) is 0. The molecule has 0 heterocycles. The second-order valence-corrected chi connectivity index (χ2v) is 11.1. The molecule has 42 heavy (non-hydrogen) atoms. The molecule has 0 spiro atoms. The number of hydrogen-bond donors (Lipinski definition) is 0. The molecule has 0 saturated heterocycles. The number of halogens is 2. The number of nitrogens with zero attached hydrogens (tertiary/aromatic N) is 1. The Morgan fingerprint density at radius 2 is 1.07 bits per heavy atom. The summed E-state index contributed by atoms with van der Waals surface area (Å²) >= 11 is 0. The highest BCUT2D eigenvalue weighted by Crippen LogP contribution is 2.44. The van der Waals surface area contributed by atoms with E-state index in [1.165, 1.54) is 16.8 Å². The Morgan fingerprint density at radius 3 is 1.79 bits per heavy atom. The zero-order chi connectivity index (χ0) is 29.2. The van der Waals surface area contributed by atoms with Gasteiger partial charge in [-0.25, -0.2) is 8.78 Å². The Hall–Kier alpha value is -4.76. The monoisotopic (exact) mass is 553 g/mol. The van der Waals surface area contributed by atoms with Crippen LogP contribution in [0.25, 0.3) is 44.2 Å². The van der Waals surface area contributed by atoms with Crippen molar-refractivity contribution < 1.29 is 8.78 Å². The van der Waals surface area contributed by atoms with Crippen molar-refractivity contribution in [2.45, 2.75) is 26.8 Å². The van der Waals surface area contributed by atoms with E-state index in [-0.39, 0.29) is 23.6 Å². The lowest BCUT2D eigenvalue weighted by atomic mass is 9.93. The van der Waals surface area contributed by atoms with Crippen molar-refractivity contribution in [2.24, 2.45) is 5.92 Å². The van der Waals surface area contributed by atoms with Crippen molar-refractivity contribution in [2.75, 3.05) is 4.90 Å². The summed E-state index contributed by atoms with van der Waals surface area (Å²) in [6.45, 7) is 6.18. The molecule has 0 N–H and O–H groups in total. The molecule has 0 amide bonds. The topological polar surface area (TPSA) is 3.24 Å². The fraction of sp³-hybridized carbons (Fsp3) is 0.128. The number of para-hydroxylation sites is 1. The minimum absolute atomic E-state index is 0.132. The summed E-state index contributed by atoms with van der Waals surface area (Å²) in [7, 11) is 0. The molecule has 1 atom stereocenters. The van der Waals surface area contributed by atoms with Crippen LogP contribution in [0.2, 0.25) is 0 Å². The first kappa shape index (κ1) is 27.4. The van der Waals surface area contributed by atoms with E-state index in [9.17, 15) is 0 Å². The van der Waals surface area contributed by atoms with E-state index in [0.29, 0.717) is 22.5 Å². The van der Waals surface area contributed by atoms with Crippen molar-refractivity contribution in [3.63, 3.8) is 0 Å². The smallest absolute Gasteiger partial charge is 0.155 e. The minimum Gasteiger partial charge on any atom is -0.333 e. The highest BCUT2D eigenvalue weighted by molar-refractivity contribution is 5.90. The van der Waals surface area contributed by atoms with E-state index in [1.807, 2.05) is 78.6 Å². The van der Waals surface area contributed by atoms with Crippen LogP contribution >= 0.6 is 0 Å². The second-order valence-electron chi connectivity index (χ2n) is 11.1. The van der Waals surface area contributed by atoms with Gasteiger partial charge in [-0.15, -0.1) is 0 Å². The summed E-state index contributed by atoms with van der Waals surface area (Å²) in [5.74, 6) is -0.618. The quantitative estimate of drug-likeness (QED) is 0.190. The molecular weight excluding hydrogens is 520 g/mol. The molecule has 6 aromatic rings. The van der Waals surface area contributed by atoms with Gasteiger partial charge in [0.25, 0.3) is 0 Å². The van der Waals surface area contributed by atoms with Crippen LogP contribution in [0.1, 0.15) is 20.8 Å². The Morgan fingerprint density at radius 1 is 0.500 bits per heavy atom. The largest absolute Gasteiger partial charge is 0.333 e. The van der Waals surface area contributed by atoms with Crippen molar-refractivity contribution in [3.8, 4) is 33.4 Å². The van der Waals surface area contributed by atoms with Crippen LogP contribution in [-0.4, -0.2) is 6.04 Å². The van der Waals surface area contributed by atoms with Gasteiger partial charge in [0.05, 0.1) is 11.4 Å². The van der Waals surface area contributed by atoms with Gasteiger partial charge in [0.1, 0.15) is 5.82 Å². The molecule has 0 aliphatic rings. The summed E-state index contributed by atoms with van der Waals surface area (Å²) in [5, 5.41) is 2.38. The first-order chi connectivity index (χ1) is 20.4. The van der Waals surface area contributed by atoms with E-state index in [0.717, 1.165) is 22.3 Å². The molecule has 3 heteroatoms. The van der Waals surface area contributed by atoms with Crippen LogP contribution in [0.15, 0.2) is 133 Å². The van der Waals surface area contributed by atoms with Gasteiger partial charge in [0, 0.05) is 17.2 Å². The van der Waals surface area contributed by atoms with Crippen molar-refractivity contribution in [1.29, 1.82) is 0 Å². The van der Waals surface area contributed by atoms with Gasteiger partial charge in [0.15, 0.2) is 5.82 Å². The van der Waals surface area contributed by atoms with Gasteiger partial charge in [0.2, 0.25) is 0 Å². The molecule has 208 valence electrons. The van der Waals surface area contributed by atoms with Gasteiger partial charge in [-0.1, -0.05) is 129 Å². The average molecular weight is 554 g/mol. The number of anilines is 2. The first-order valence-electron chi connectivity index (χ1n) is 14.4. The van der Waals surface area contributed by atoms with Crippen molar-refractivity contribution in [1.82, 2.24) is 0 Å². The molecule has 0 aliphatic heterocycles. The van der Waals surface area contributed by atoms with Gasteiger partial charge in [-0.2, -0.15) is 0 Å². The van der Waals surface area contributed by atoms with Crippen LogP contribution in [-0.2, 0) is 0 Å². The maximum absolute atomic E-state index is 16.9. The molecule has 0 fully saturated rings. The Labute approximate surface area is 246 Å². The molecule has 6 rings (SSSR count). The fourth-order valence-electron chi connectivity index (χ4n) is 5.57. The number of fused-ring (bicyclic) bond motifs is 1. The molecular formula is C39H33F2N. The van der Waals surface area contributed by atoms with Crippen molar-refractivity contribution >= 4 is 22.1 Å². The maximum atomic E-state index is 16.9. The van der Waals surface area contributed by atoms with Crippen LogP contribution in [0.5, 0.6) is 0 Å². The molecule has 0 bridgehead atoms. The lowest BCUT2D eigenvalue weighted by Crippen LogP contribution is -2.34. The summed E-state index contributed by atoms with van der Waals surface area (Å²) in [4.78, 5) is 1.84. The van der Waals surface area contributed by atoms with E-state index in [2.05, 4.69) is 56.3 Å². The van der Waals surface area contributed by atoms with Gasteiger partial charge >= 0.3 is 0 Å². The SMILES string of the molecule is CC(C)C(C)N(c1ccccc1F)c1c(-c2ccc(-c3ccc4ccccc4c3)cc2)ccc(-c2ccccc2)c1F. The summed E-state index contributed by atoms with van der Waals surface area (Å²) < 4.78 is 32.4. The van der Waals surface area contributed by atoms with Crippen LogP contribution < -0.4 is 4.90 Å². The molecule has 0 radical (unpaired) electrons. The Bertz CT molecular complexity index is 1840. The van der Waals surface area contributed by atoms with Crippen LogP contribution in [0, 0.1) is 17.6 Å². The lowest BCUT2D eigenvalue weighted by molar-refractivity contribution is 0.503. The third-order valence-corrected chi connectivity index (χ3v) is 8.20. The fourth-order valence-corrected chi connectivity index (χ4v) is 5.57. The zero-order valence-corrected chi connectivity index (χ0v) is 24.1. The Kier molecular flexibility index (Phi) is 7.58. The molecule has 0 aromatic heterocycles. The highest BCUT2D eigenvalue weighted by Gasteiger charge is 2.29. The highest BCUT2D eigenvalue weighted by atomic mass is 19.1. The van der Waals surface area contributed by atoms with E-state index >= 15 is 8.78 Å². The minimum atomic E-state index is -0.382. The summed E-state index contributed by atoms with van der Waals surface area (Å²) in [6, 6.07) is 42.8. The number of hydrogen-bond acceptors (Lipinski definition) is 1. The number of rotatable bonds is 7. The van der Waals surface area contributed by atoms with Crippen molar-refractivity contribution in [3.05, 3.63) is 145 Å². The molecule has 1 unspecified atom stereocenters. The number of benzene rings is 6. The zero-order valence-electron chi connectivity index (χ0n) is 24.1. The molecule has 6 aromatic carbocycles.